The SMILES string of the molecule is COc1ccc2[nH]c(C(=O)N3CC4(CC4)C3)cc2c1OC. The highest BCUT2D eigenvalue weighted by Gasteiger charge is 2.53. The number of methoxy groups -OCH3 is 2. The van der Waals surface area contributed by atoms with Crippen LogP contribution in [0.2, 0.25) is 0 Å². The van der Waals surface area contributed by atoms with Gasteiger partial charge in [0.15, 0.2) is 11.5 Å². The monoisotopic (exact) mass is 286 g/mol. The van der Waals surface area contributed by atoms with Gasteiger partial charge < -0.3 is 19.4 Å². The van der Waals surface area contributed by atoms with Crippen molar-refractivity contribution >= 4 is 16.8 Å². The molecule has 1 saturated carbocycles. The van der Waals surface area contributed by atoms with Crippen LogP contribution in [0.4, 0.5) is 0 Å². The third kappa shape index (κ3) is 1.80. The summed E-state index contributed by atoms with van der Waals surface area (Å²) < 4.78 is 10.7. The summed E-state index contributed by atoms with van der Waals surface area (Å²) in [6, 6.07) is 5.61. The smallest absolute Gasteiger partial charge is 0.270 e. The van der Waals surface area contributed by atoms with Crippen molar-refractivity contribution in [2.45, 2.75) is 12.8 Å². The number of amides is 1. The quantitative estimate of drug-likeness (QED) is 0.942. The van der Waals surface area contributed by atoms with Crippen molar-refractivity contribution < 1.29 is 14.3 Å². The number of aromatic amines is 1. The standard InChI is InChI=1S/C16H18N2O3/c1-20-13-4-3-11-10(14(13)21-2)7-12(17-11)15(19)18-8-16(9-18)5-6-16/h3-4,7,17H,5-6,8-9H2,1-2H3. The number of hydrogen-bond donors (Lipinski definition) is 1. The maximum Gasteiger partial charge on any atom is 0.270 e. The van der Waals surface area contributed by atoms with E-state index in [9.17, 15) is 4.79 Å². The predicted molar refractivity (Wildman–Crippen MR) is 79.0 cm³/mol. The van der Waals surface area contributed by atoms with Gasteiger partial charge in [-0.25, -0.2) is 0 Å². The summed E-state index contributed by atoms with van der Waals surface area (Å²) in [5.74, 6) is 1.40. The highest BCUT2D eigenvalue weighted by Crippen LogP contribution is 2.53. The molecular weight excluding hydrogens is 268 g/mol. The van der Waals surface area contributed by atoms with E-state index < -0.39 is 0 Å². The molecule has 2 heterocycles. The number of rotatable bonds is 3. The number of carbonyl (C=O) groups excluding carboxylic acids is 1. The first-order valence-electron chi connectivity index (χ1n) is 7.19. The van der Waals surface area contributed by atoms with Crippen LogP contribution in [-0.4, -0.2) is 43.1 Å². The van der Waals surface area contributed by atoms with Crippen molar-refractivity contribution in [2.24, 2.45) is 5.41 Å². The molecule has 2 aliphatic rings. The summed E-state index contributed by atoms with van der Waals surface area (Å²) in [5, 5.41) is 0.877. The van der Waals surface area contributed by atoms with Crippen LogP contribution in [0.3, 0.4) is 0 Å². The highest BCUT2D eigenvalue weighted by molar-refractivity contribution is 6.00. The molecule has 1 aliphatic heterocycles. The third-order valence-electron chi connectivity index (χ3n) is 4.67. The summed E-state index contributed by atoms with van der Waals surface area (Å²) in [5.41, 5.74) is 1.98. The lowest BCUT2D eigenvalue weighted by Crippen LogP contribution is -2.51. The van der Waals surface area contributed by atoms with Crippen LogP contribution in [0.25, 0.3) is 10.9 Å². The molecule has 1 spiro atoms. The number of H-pyrrole nitrogens is 1. The fourth-order valence-electron chi connectivity index (χ4n) is 3.21. The second-order valence-corrected chi connectivity index (χ2v) is 6.11. The van der Waals surface area contributed by atoms with E-state index in [2.05, 4.69) is 4.98 Å². The van der Waals surface area contributed by atoms with E-state index in [0.717, 1.165) is 24.0 Å². The number of hydrogen-bond acceptors (Lipinski definition) is 3. The lowest BCUT2D eigenvalue weighted by atomic mass is 9.96. The lowest BCUT2D eigenvalue weighted by Gasteiger charge is -2.39. The molecule has 0 unspecified atom stereocenters. The Balaban J connectivity index is 1.68. The number of carbonyl (C=O) groups is 1. The minimum Gasteiger partial charge on any atom is -0.493 e. The summed E-state index contributed by atoms with van der Waals surface area (Å²) >= 11 is 0. The highest BCUT2D eigenvalue weighted by atomic mass is 16.5. The van der Waals surface area contributed by atoms with E-state index in [-0.39, 0.29) is 5.91 Å². The maximum absolute atomic E-state index is 12.5. The predicted octanol–water partition coefficient (Wildman–Crippen LogP) is 2.42. The second-order valence-electron chi connectivity index (χ2n) is 6.11. The van der Waals surface area contributed by atoms with Gasteiger partial charge >= 0.3 is 0 Å². The molecule has 1 aliphatic carbocycles. The number of nitrogens with one attached hydrogen (secondary N) is 1. The molecule has 5 nitrogen and oxygen atoms in total. The van der Waals surface area contributed by atoms with Crippen LogP contribution in [0.5, 0.6) is 11.5 Å². The Hall–Kier alpha value is -2.17. The number of benzene rings is 1. The molecule has 0 atom stereocenters. The number of nitrogens with zero attached hydrogens (tertiary/aromatic N) is 1. The molecule has 4 rings (SSSR count). The Morgan fingerprint density at radius 3 is 2.62 bits per heavy atom. The largest absolute Gasteiger partial charge is 0.493 e. The van der Waals surface area contributed by atoms with Gasteiger partial charge in [0.2, 0.25) is 0 Å². The molecule has 1 N–H and O–H groups in total. The van der Waals surface area contributed by atoms with Gasteiger partial charge in [0.25, 0.3) is 5.91 Å². The molecular formula is C16H18N2O3. The van der Waals surface area contributed by atoms with Gasteiger partial charge in [-0.3, -0.25) is 4.79 Å². The van der Waals surface area contributed by atoms with Crippen molar-refractivity contribution in [1.82, 2.24) is 9.88 Å². The lowest BCUT2D eigenvalue weighted by molar-refractivity contribution is 0.0438. The molecule has 2 aromatic rings. The second kappa shape index (κ2) is 4.16. The van der Waals surface area contributed by atoms with Crippen molar-refractivity contribution in [3.05, 3.63) is 23.9 Å². The number of fused-ring (bicyclic) bond motifs is 1. The van der Waals surface area contributed by atoms with Crippen LogP contribution in [-0.2, 0) is 0 Å². The Kier molecular flexibility index (Phi) is 2.49. The molecule has 110 valence electrons. The van der Waals surface area contributed by atoms with Gasteiger partial charge in [0, 0.05) is 23.9 Å². The van der Waals surface area contributed by atoms with Crippen LogP contribution in [0, 0.1) is 5.41 Å². The van der Waals surface area contributed by atoms with E-state index in [1.54, 1.807) is 14.2 Å². The van der Waals surface area contributed by atoms with Crippen molar-refractivity contribution in [1.29, 1.82) is 0 Å². The zero-order valence-corrected chi connectivity index (χ0v) is 12.2. The van der Waals surface area contributed by atoms with Gasteiger partial charge in [0.05, 0.1) is 19.7 Å². The molecule has 2 fully saturated rings. The fourth-order valence-corrected chi connectivity index (χ4v) is 3.21. The summed E-state index contributed by atoms with van der Waals surface area (Å²) in [6.07, 6.45) is 2.54. The first-order valence-corrected chi connectivity index (χ1v) is 7.19. The molecule has 21 heavy (non-hydrogen) atoms. The first-order chi connectivity index (χ1) is 10.2. The molecule has 1 amide bonds. The normalized spacial score (nSPS) is 18.7. The van der Waals surface area contributed by atoms with Gasteiger partial charge in [-0.1, -0.05) is 0 Å². The van der Waals surface area contributed by atoms with Gasteiger partial charge in [-0.2, -0.15) is 0 Å². The number of likely N-dealkylation sites (tertiary alicyclic amines) is 1. The average molecular weight is 286 g/mol. The first kappa shape index (κ1) is 12.6. The number of aromatic nitrogens is 1. The molecule has 1 saturated heterocycles. The van der Waals surface area contributed by atoms with E-state index in [1.165, 1.54) is 12.8 Å². The zero-order valence-electron chi connectivity index (χ0n) is 12.2. The van der Waals surface area contributed by atoms with Gasteiger partial charge in [0.1, 0.15) is 5.69 Å². The van der Waals surface area contributed by atoms with E-state index >= 15 is 0 Å². The summed E-state index contributed by atoms with van der Waals surface area (Å²) in [7, 11) is 3.22. The van der Waals surface area contributed by atoms with Crippen molar-refractivity contribution in [3.63, 3.8) is 0 Å². The average Bonchev–Trinajstić information content (AvgIpc) is 3.15. The van der Waals surface area contributed by atoms with Gasteiger partial charge in [-0.05, 0) is 31.0 Å². The fraction of sp³-hybridized carbons (Fsp3) is 0.438. The van der Waals surface area contributed by atoms with E-state index in [0.29, 0.717) is 22.6 Å². The van der Waals surface area contributed by atoms with Crippen LogP contribution in [0.15, 0.2) is 18.2 Å². The Bertz CT molecular complexity index is 722. The topological polar surface area (TPSA) is 54.6 Å². The summed E-state index contributed by atoms with van der Waals surface area (Å²) in [4.78, 5) is 17.6. The molecule has 1 aromatic heterocycles. The van der Waals surface area contributed by atoms with E-state index in [1.807, 2.05) is 23.1 Å². The molecule has 0 bridgehead atoms. The van der Waals surface area contributed by atoms with Gasteiger partial charge in [-0.15, -0.1) is 0 Å². The minimum atomic E-state index is 0.0738. The Morgan fingerprint density at radius 2 is 2.00 bits per heavy atom. The van der Waals surface area contributed by atoms with Crippen LogP contribution < -0.4 is 9.47 Å². The zero-order chi connectivity index (χ0) is 14.6. The summed E-state index contributed by atoms with van der Waals surface area (Å²) in [6.45, 7) is 1.81. The molecule has 0 radical (unpaired) electrons. The van der Waals surface area contributed by atoms with Crippen LogP contribution >= 0.6 is 0 Å². The van der Waals surface area contributed by atoms with Crippen molar-refractivity contribution in [3.8, 4) is 11.5 Å². The van der Waals surface area contributed by atoms with E-state index in [4.69, 9.17) is 9.47 Å². The third-order valence-corrected chi connectivity index (χ3v) is 4.67. The Labute approximate surface area is 122 Å². The molecule has 5 heteroatoms. The Morgan fingerprint density at radius 1 is 1.24 bits per heavy atom. The molecule has 1 aromatic carbocycles. The van der Waals surface area contributed by atoms with Crippen molar-refractivity contribution in [2.75, 3.05) is 27.3 Å². The minimum absolute atomic E-state index is 0.0738. The van der Waals surface area contributed by atoms with Crippen LogP contribution in [0.1, 0.15) is 23.3 Å². The maximum atomic E-state index is 12.5. The number of ether oxygens (including phenoxy) is 2.